The van der Waals surface area contributed by atoms with Crippen molar-refractivity contribution in [3.05, 3.63) is 12.2 Å². The molecule has 0 aliphatic carbocycles. The third kappa shape index (κ3) is 2.20. The Kier molecular flexibility index (Phi) is 3.41. The first kappa shape index (κ1) is 10.9. The van der Waals surface area contributed by atoms with Crippen molar-refractivity contribution < 1.29 is 9.59 Å². The van der Waals surface area contributed by atoms with E-state index in [0.29, 0.717) is 13.1 Å². The number of rotatable bonds is 4. The van der Waals surface area contributed by atoms with E-state index in [4.69, 9.17) is 0 Å². The molecule has 2 amide bonds. The molecule has 78 valence electrons. The maximum absolute atomic E-state index is 11.6. The molecule has 1 aliphatic rings. The summed E-state index contributed by atoms with van der Waals surface area (Å²) in [6.45, 7) is 8.46. The van der Waals surface area contributed by atoms with Gasteiger partial charge in [-0.1, -0.05) is 12.2 Å². The quantitative estimate of drug-likeness (QED) is 0.519. The summed E-state index contributed by atoms with van der Waals surface area (Å²) in [6.07, 6.45) is 0.278. The second-order valence-corrected chi connectivity index (χ2v) is 3.57. The topological polar surface area (TPSA) is 49.4 Å². The number of likely N-dealkylation sites (N-methyl/N-ethyl adjacent to an activating group) is 1. The van der Waals surface area contributed by atoms with Gasteiger partial charge in [0.2, 0.25) is 11.8 Å². The Balaban J connectivity index is 2.53. The first-order valence-corrected chi connectivity index (χ1v) is 4.78. The summed E-state index contributed by atoms with van der Waals surface area (Å²) in [5.41, 5.74) is 0.959. The van der Waals surface area contributed by atoms with E-state index < -0.39 is 0 Å². The van der Waals surface area contributed by atoms with Crippen LogP contribution in [0.1, 0.15) is 20.3 Å². The van der Waals surface area contributed by atoms with Crippen molar-refractivity contribution in [2.75, 3.05) is 13.1 Å². The van der Waals surface area contributed by atoms with Gasteiger partial charge in [-0.15, -0.1) is 0 Å². The number of nitrogens with zero attached hydrogens (tertiary/aromatic N) is 1. The highest BCUT2D eigenvalue weighted by molar-refractivity contribution is 6.05. The number of carbonyl (C=O) groups is 2. The number of imide groups is 1. The molecule has 1 atom stereocenters. The predicted molar refractivity (Wildman–Crippen MR) is 53.6 cm³/mol. The summed E-state index contributed by atoms with van der Waals surface area (Å²) >= 11 is 0. The fraction of sp³-hybridized carbons (Fsp3) is 0.600. The number of nitrogens with one attached hydrogen (secondary N) is 1. The molecular formula is C10H16N2O2. The molecule has 1 fully saturated rings. The largest absolute Gasteiger partial charge is 0.302 e. The number of amides is 2. The van der Waals surface area contributed by atoms with Crippen LogP contribution < -0.4 is 5.32 Å². The Bertz CT molecular complexity index is 273. The highest BCUT2D eigenvalue weighted by atomic mass is 16.2. The molecule has 0 aromatic carbocycles. The average Bonchev–Trinajstić information content (AvgIpc) is 2.38. The van der Waals surface area contributed by atoms with Gasteiger partial charge >= 0.3 is 0 Å². The van der Waals surface area contributed by atoms with Crippen molar-refractivity contribution in [1.82, 2.24) is 10.2 Å². The minimum atomic E-state index is -0.348. The van der Waals surface area contributed by atoms with E-state index in [0.717, 1.165) is 5.57 Å². The highest BCUT2D eigenvalue weighted by Crippen LogP contribution is 2.12. The molecule has 0 aromatic heterocycles. The van der Waals surface area contributed by atoms with Gasteiger partial charge < -0.3 is 5.32 Å². The van der Waals surface area contributed by atoms with Gasteiger partial charge in [-0.2, -0.15) is 0 Å². The molecule has 0 spiro atoms. The van der Waals surface area contributed by atoms with Gasteiger partial charge in [-0.3, -0.25) is 14.5 Å². The molecule has 0 radical (unpaired) electrons. The molecule has 1 saturated heterocycles. The molecule has 1 heterocycles. The van der Waals surface area contributed by atoms with Crippen LogP contribution in [0.3, 0.4) is 0 Å². The smallest absolute Gasteiger partial charge is 0.246 e. The van der Waals surface area contributed by atoms with E-state index in [9.17, 15) is 9.59 Å². The van der Waals surface area contributed by atoms with E-state index in [-0.39, 0.29) is 24.3 Å². The van der Waals surface area contributed by atoms with Gasteiger partial charge in [-0.25, -0.2) is 0 Å². The molecule has 0 bridgehead atoms. The zero-order chi connectivity index (χ0) is 10.7. The summed E-state index contributed by atoms with van der Waals surface area (Å²) in [5, 5.41) is 3.01. The Morgan fingerprint density at radius 1 is 1.64 bits per heavy atom. The molecule has 4 heteroatoms. The molecule has 4 nitrogen and oxygen atoms in total. The van der Waals surface area contributed by atoms with Crippen LogP contribution in [-0.4, -0.2) is 35.8 Å². The van der Waals surface area contributed by atoms with Gasteiger partial charge in [0.05, 0.1) is 12.5 Å². The van der Waals surface area contributed by atoms with Gasteiger partial charge in [-0.05, 0) is 13.8 Å². The fourth-order valence-corrected chi connectivity index (χ4v) is 1.47. The molecule has 1 aliphatic heterocycles. The number of likely N-dealkylation sites (tertiary alicyclic amines) is 1. The first-order valence-electron chi connectivity index (χ1n) is 4.78. The zero-order valence-corrected chi connectivity index (χ0v) is 8.67. The SMILES string of the molecule is C=C(C)CNC1CC(=O)N(CC)C1=O. The van der Waals surface area contributed by atoms with Gasteiger partial charge in [0.25, 0.3) is 0 Å². The summed E-state index contributed by atoms with van der Waals surface area (Å²) in [6, 6.07) is -0.348. The standard InChI is InChI=1S/C10H16N2O2/c1-4-12-9(13)5-8(10(12)14)11-6-7(2)3/h8,11H,2,4-6H2,1,3H3. The molecule has 1 N–H and O–H groups in total. The Labute approximate surface area is 84.0 Å². The second kappa shape index (κ2) is 4.37. The van der Waals surface area contributed by atoms with Crippen molar-refractivity contribution in [3.63, 3.8) is 0 Å². The van der Waals surface area contributed by atoms with E-state index in [1.165, 1.54) is 4.90 Å². The molecule has 0 saturated carbocycles. The summed E-state index contributed by atoms with van der Waals surface area (Å²) in [5.74, 6) is -0.199. The lowest BCUT2D eigenvalue weighted by molar-refractivity contribution is -0.138. The molecule has 0 aromatic rings. The third-order valence-electron chi connectivity index (χ3n) is 2.21. The normalized spacial score (nSPS) is 21.9. The summed E-state index contributed by atoms with van der Waals surface area (Å²) in [4.78, 5) is 24.2. The van der Waals surface area contributed by atoms with E-state index >= 15 is 0 Å². The van der Waals surface area contributed by atoms with Crippen LogP contribution >= 0.6 is 0 Å². The monoisotopic (exact) mass is 196 g/mol. The minimum Gasteiger partial charge on any atom is -0.302 e. The Morgan fingerprint density at radius 3 is 2.71 bits per heavy atom. The Hall–Kier alpha value is -1.16. The van der Waals surface area contributed by atoms with Gasteiger partial charge in [0.15, 0.2) is 0 Å². The zero-order valence-electron chi connectivity index (χ0n) is 8.67. The summed E-state index contributed by atoms with van der Waals surface area (Å²) < 4.78 is 0. The number of carbonyl (C=O) groups excluding carboxylic acids is 2. The Morgan fingerprint density at radius 2 is 2.29 bits per heavy atom. The summed E-state index contributed by atoms with van der Waals surface area (Å²) in [7, 11) is 0. The average molecular weight is 196 g/mol. The molecule has 1 rings (SSSR count). The van der Waals surface area contributed by atoms with Crippen molar-refractivity contribution in [1.29, 1.82) is 0 Å². The lowest BCUT2D eigenvalue weighted by Gasteiger charge is -2.12. The first-order chi connectivity index (χ1) is 6.56. The number of hydrogen-bond donors (Lipinski definition) is 1. The van der Waals surface area contributed by atoms with Crippen LogP contribution in [0, 0.1) is 0 Å². The van der Waals surface area contributed by atoms with Crippen molar-refractivity contribution in [3.8, 4) is 0 Å². The number of hydrogen-bond acceptors (Lipinski definition) is 3. The fourth-order valence-electron chi connectivity index (χ4n) is 1.47. The van der Waals surface area contributed by atoms with Crippen molar-refractivity contribution in [2.24, 2.45) is 0 Å². The second-order valence-electron chi connectivity index (χ2n) is 3.57. The van der Waals surface area contributed by atoms with Gasteiger partial charge in [0.1, 0.15) is 0 Å². The molecule has 14 heavy (non-hydrogen) atoms. The maximum atomic E-state index is 11.6. The van der Waals surface area contributed by atoms with E-state index in [1.807, 2.05) is 6.92 Å². The van der Waals surface area contributed by atoms with Crippen LogP contribution in [0.4, 0.5) is 0 Å². The van der Waals surface area contributed by atoms with E-state index in [2.05, 4.69) is 11.9 Å². The lowest BCUT2D eigenvalue weighted by Crippen LogP contribution is -2.39. The minimum absolute atomic E-state index is 0.0864. The third-order valence-corrected chi connectivity index (χ3v) is 2.21. The van der Waals surface area contributed by atoms with Crippen LogP contribution in [0.25, 0.3) is 0 Å². The highest BCUT2D eigenvalue weighted by Gasteiger charge is 2.36. The predicted octanol–water partition coefficient (Wildman–Crippen LogP) is 0.300. The van der Waals surface area contributed by atoms with Crippen LogP contribution in [0.2, 0.25) is 0 Å². The van der Waals surface area contributed by atoms with Crippen LogP contribution in [0.15, 0.2) is 12.2 Å². The van der Waals surface area contributed by atoms with Crippen molar-refractivity contribution >= 4 is 11.8 Å². The van der Waals surface area contributed by atoms with E-state index in [1.54, 1.807) is 6.92 Å². The molecular weight excluding hydrogens is 180 g/mol. The maximum Gasteiger partial charge on any atom is 0.246 e. The van der Waals surface area contributed by atoms with Gasteiger partial charge in [0, 0.05) is 13.1 Å². The lowest BCUT2D eigenvalue weighted by atomic mass is 10.2. The van der Waals surface area contributed by atoms with Crippen molar-refractivity contribution in [2.45, 2.75) is 26.3 Å². The van der Waals surface area contributed by atoms with Crippen LogP contribution in [0.5, 0.6) is 0 Å². The van der Waals surface area contributed by atoms with Crippen LogP contribution in [-0.2, 0) is 9.59 Å². The molecule has 1 unspecified atom stereocenters.